The minimum atomic E-state index is -0.695. The number of nitrogens with zero attached hydrogens (tertiary/aromatic N) is 2. The van der Waals surface area contributed by atoms with Gasteiger partial charge in [-0.05, 0) is 49.6 Å². The molecule has 0 aromatic heterocycles. The van der Waals surface area contributed by atoms with Crippen LogP contribution >= 0.6 is 0 Å². The molecule has 6 heteroatoms. The zero-order valence-electron chi connectivity index (χ0n) is 12.0. The summed E-state index contributed by atoms with van der Waals surface area (Å²) in [7, 11) is 0. The normalized spacial score (nSPS) is 14.4. The van der Waals surface area contributed by atoms with Crippen LogP contribution in [0.2, 0.25) is 0 Å². The Morgan fingerprint density at radius 3 is 2.57 bits per heavy atom. The lowest BCUT2D eigenvalue weighted by Crippen LogP contribution is -2.39. The third-order valence-corrected chi connectivity index (χ3v) is 3.16. The van der Waals surface area contributed by atoms with Crippen molar-refractivity contribution in [3.05, 3.63) is 29.8 Å². The fraction of sp³-hybridized carbons (Fsp3) is 0.400. The van der Waals surface area contributed by atoms with Crippen LogP contribution in [0.3, 0.4) is 0 Å². The van der Waals surface area contributed by atoms with Crippen LogP contribution in [0.25, 0.3) is 0 Å². The minimum Gasteiger partial charge on any atom is -0.494 e. The van der Waals surface area contributed by atoms with Crippen molar-refractivity contribution in [2.45, 2.75) is 19.8 Å². The Morgan fingerprint density at radius 2 is 1.95 bits per heavy atom. The lowest BCUT2D eigenvalue weighted by Gasteiger charge is -2.12. The summed E-state index contributed by atoms with van der Waals surface area (Å²) in [6, 6.07) is 7.29. The summed E-state index contributed by atoms with van der Waals surface area (Å²) in [6.07, 6.45) is 3.40. The van der Waals surface area contributed by atoms with Gasteiger partial charge >= 0.3 is 11.8 Å². The summed E-state index contributed by atoms with van der Waals surface area (Å²) in [5, 5.41) is 3.80. The van der Waals surface area contributed by atoms with E-state index in [1.807, 2.05) is 31.2 Å². The van der Waals surface area contributed by atoms with Gasteiger partial charge < -0.3 is 9.64 Å². The Labute approximate surface area is 123 Å². The van der Waals surface area contributed by atoms with E-state index < -0.39 is 11.8 Å². The van der Waals surface area contributed by atoms with Gasteiger partial charge in [-0.1, -0.05) is 0 Å². The maximum Gasteiger partial charge on any atom is 0.329 e. The number of rotatable bonds is 4. The zero-order chi connectivity index (χ0) is 15.1. The van der Waals surface area contributed by atoms with Crippen LogP contribution in [-0.2, 0) is 9.59 Å². The molecule has 6 nitrogen and oxygen atoms in total. The minimum absolute atomic E-state index is 0.517. The molecule has 1 aliphatic rings. The molecule has 0 radical (unpaired) electrons. The quantitative estimate of drug-likeness (QED) is 0.513. The number of benzene rings is 1. The van der Waals surface area contributed by atoms with E-state index in [2.05, 4.69) is 10.5 Å². The van der Waals surface area contributed by atoms with Gasteiger partial charge in [-0.3, -0.25) is 9.59 Å². The number of likely N-dealkylation sites (tertiary alicyclic amines) is 1. The molecule has 2 amide bonds. The van der Waals surface area contributed by atoms with Crippen LogP contribution in [0, 0.1) is 0 Å². The fourth-order valence-corrected chi connectivity index (χ4v) is 2.09. The van der Waals surface area contributed by atoms with Gasteiger partial charge in [0.05, 0.1) is 12.8 Å². The maximum absolute atomic E-state index is 11.7. The smallest absolute Gasteiger partial charge is 0.329 e. The van der Waals surface area contributed by atoms with Crippen molar-refractivity contribution < 1.29 is 14.3 Å². The predicted molar refractivity (Wildman–Crippen MR) is 79.2 cm³/mol. The molecule has 1 saturated heterocycles. The fourth-order valence-electron chi connectivity index (χ4n) is 2.09. The van der Waals surface area contributed by atoms with Gasteiger partial charge in [0.2, 0.25) is 0 Å². The standard InChI is InChI=1S/C15H19N3O3/c1-2-21-13-7-5-12(6-8-13)11-16-17-14(19)15(20)18-9-3-4-10-18/h5-8,11H,2-4,9-10H2,1H3,(H,17,19)/b16-11-. The third kappa shape index (κ3) is 4.30. The highest BCUT2D eigenvalue weighted by Crippen LogP contribution is 2.10. The molecule has 0 spiro atoms. The molecule has 1 heterocycles. The molecule has 0 saturated carbocycles. The molecule has 21 heavy (non-hydrogen) atoms. The Kier molecular flexibility index (Phi) is 5.31. The second kappa shape index (κ2) is 7.42. The van der Waals surface area contributed by atoms with E-state index in [0.717, 1.165) is 24.2 Å². The van der Waals surface area contributed by atoms with Gasteiger partial charge in [-0.2, -0.15) is 5.10 Å². The first-order chi connectivity index (χ1) is 10.2. The summed E-state index contributed by atoms with van der Waals surface area (Å²) >= 11 is 0. The molecule has 1 aromatic rings. The maximum atomic E-state index is 11.7. The van der Waals surface area contributed by atoms with Crippen LogP contribution in [0.5, 0.6) is 5.75 Å². The van der Waals surface area contributed by atoms with Crippen molar-refractivity contribution in [3.8, 4) is 5.75 Å². The summed E-state index contributed by atoms with van der Waals surface area (Å²) in [4.78, 5) is 24.9. The first kappa shape index (κ1) is 15.0. The van der Waals surface area contributed by atoms with E-state index in [0.29, 0.717) is 19.7 Å². The van der Waals surface area contributed by atoms with Crippen molar-refractivity contribution in [1.82, 2.24) is 10.3 Å². The van der Waals surface area contributed by atoms with Crippen molar-refractivity contribution in [2.75, 3.05) is 19.7 Å². The summed E-state index contributed by atoms with van der Waals surface area (Å²) in [6.45, 7) is 3.83. The molecule has 0 atom stereocenters. The van der Waals surface area contributed by atoms with Crippen molar-refractivity contribution in [3.63, 3.8) is 0 Å². The average molecular weight is 289 g/mol. The van der Waals surface area contributed by atoms with E-state index in [-0.39, 0.29) is 0 Å². The van der Waals surface area contributed by atoms with E-state index in [1.54, 1.807) is 4.90 Å². The molecule has 0 unspecified atom stereocenters. The Morgan fingerprint density at radius 1 is 1.29 bits per heavy atom. The second-order valence-electron chi connectivity index (χ2n) is 4.70. The van der Waals surface area contributed by atoms with Gasteiger partial charge in [0.1, 0.15) is 5.75 Å². The van der Waals surface area contributed by atoms with Crippen molar-refractivity contribution >= 4 is 18.0 Å². The topological polar surface area (TPSA) is 71.0 Å². The lowest BCUT2D eigenvalue weighted by molar-refractivity contribution is -0.145. The molecule has 112 valence electrons. The number of hydrogen-bond acceptors (Lipinski definition) is 4. The SMILES string of the molecule is CCOc1ccc(/C=N\NC(=O)C(=O)N2CCCC2)cc1. The molecular weight excluding hydrogens is 270 g/mol. The third-order valence-electron chi connectivity index (χ3n) is 3.16. The molecule has 1 aromatic carbocycles. The van der Waals surface area contributed by atoms with E-state index in [9.17, 15) is 9.59 Å². The molecule has 2 rings (SSSR count). The average Bonchev–Trinajstić information content (AvgIpc) is 3.02. The highest BCUT2D eigenvalue weighted by atomic mass is 16.5. The number of hydrogen-bond donors (Lipinski definition) is 1. The first-order valence-corrected chi connectivity index (χ1v) is 7.06. The lowest BCUT2D eigenvalue weighted by atomic mass is 10.2. The first-order valence-electron chi connectivity index (χ1n) is 7.06. The highest BCUT2D eigenvalue weighted by molar-refractivity contribution is 6.35. The molecule has 1 N–H and O–H groups in total. The number of carbonyl (C=O) groups is 2. The number of hydrazone groups is 1. The molecule has 0 aliphatic carbocycles. The zero-order valence-corrected chi connectivity index (χ0v) is 12.0. The Balaban J connectivity index is 1.83. The van der Waals surface area contributed by atoms with Crippen LogP contribution in [-0.4, -0.2) is 42.6 Å². The Hall–Kier alpha value is -2.37. The predicted octanol–water partition coefficient (Wildman–Crippen LogP) is 1.16. The van der Waals surface area contributed by atoms with Crippen molar-refractivity contribution in [2.24, 2.45) is 5.10 Å². The van der Waals surface area contributed by atoms with Crippen molar-refractivity contribution in [1.29, 1.82) is 0 Å². The summed E-state index contributed by atoms with van der Waals surface area (Å²) in [5.41, 5.74) is 3.07. The number of nitrogens with one attached hydrogen (secondary N) is 1. The second-order valence-corrected chi connectivity index (χ2v) is 4.70. The van der Waals surface area contributed by atoms with E-state index >= 15 is 0 Å². The van der Waals surface area contributed by atoms with E-state index in [1.165, 1.54) is 6.21 Å². The van der Waals surface area contributed by atoms with Gasteiger partial charge in [-0.15, -0.1) is 0 Å². The monoisotopic (exact) mass is 289 g/mol. The van der Waals surface area contributed by atoms with Gasteiger partial charge in [0.15, 0.2) is 0 Å². The summed E-state index contributed by atoms with van der Waals surface area (Å²) < 4.78 is 5.33. The molecule has 1 fully saturated rings. The Bertz CT molecular complexity index is 519. The summed E-state index contributed by atoms with van der Waals surface area (Å²) in [5.74, 6) is -0.432. The van der Waals surface area contributed by atoms with Crippen LogP contribution in [0.4, 0.5) is 0 Å². The molecule has 0 bridgehead atoms. The van der Waals surface area contributed by atoms with Crippen LogP contribution in [0.15, 0.2) is 29.4 Å². The highest BCUT2D eigenvalue weighted by Gasteiger charge is 2.23. The van der Waals surface area contributed by atoms with Crippen LogP contribution < -0.4 is 10.2 Å². The van der Waals surface area contributed by atoms with E-state index in [4.69, 9.17) is 4.74 Å². The van der Waals surface area contributed by atoms with Crippen LogP contribution in [0.1, 0.15) is 25.3 Å². The van der Waals surface area contributed by atoms with Gasteiger partial charge in [-0.25, -0.2) is 5.43 Å². The number of carbonyl (C=O) groups excluding carboxylic acids is 2. The molecular formula is C15H19N3O3. The largest absolute Gasteiger partial charge is 0.494 e. The number of ether oxygens (including phenoxy) is 1. The number of amides is 2. The van der Waals surface area contributed by atoms with Gasteiger partial charge in [0, 0.05) is 13.1 Å². The molecule has 1 aliphatic heterocycles. The van der Waals surface area contributed by atoms with Gasteiger partial charge in [0.25, 0.3) is 0 Å².